The minimum Gasteiger partial charge on any atom is -0.360 e. The molecule has 0 bridgehead atoms. The summed E-state index contributed by atoms with van der Waals surface area (Å²) in [4.78, 5) is 4.30. The fraction of sp³-hybridized carbons (Fsp3) is 0.200. The third-order valence-corrected chi connectivity index (χ3v) is 2.31. The van der Waals surface area contributed by atoms with Crippen LogP contribution in [0.1, 0.15) is 11.5 Å². The van der Waals surface area contributed by atoms with Crippen LogP contribution in [0.5, 0.6) is 0 Å². The molecule has 4 nitrogen and oxygen atoms in total. The maximum Gasteiger partial charge on any atom is 0.150 e. The molecule has 0 unspecified atom stereocenters. The van der Waals surface area contributed by atoms with Crippen molar-refractivity contribution in [1.29, 1.82) is 0 Å². The van der Waals surface area contributed by atoms with E-state index in [1.54, 1.807) is 6.20 Å². The minimum atomic E-state index is 0.661. The van der Waals surface area contributed by atoms with Gasteiger partial charge in [0.1, 0.15) is 10.4 Å². The Morgan fingerprint density at radius 2 is 2.20 bits per heavy atom. The molecule has 0 fully saturated rings. The van der Waals surface area contributed by atoms with Gasteiger partial charge >= 0.3 is 0 Å². The Kier molecular flexibility index (Phi) is 3.47. The van der Waals surface area contributed by atoms with Crippen LogP contribution in [0.15, 0.2) is 39.6 Å². The quantitative estimate of drug-likeness (QED) is 0.863. The van der Waals surface area contributed by atoms with E-state index in [0.29, 0.717) is 13.1 Å². The number of nitrogens with one attached hydrogen (secondary N) is 1. The Hall–Kier alpha value is -1.20. The Morgan fingerprint density at radius 1 is 1.27 bits per heavy atom. The molecule has 0 aromatic carbocycles. The van der Waals surface area contributed by atoms with Crippen molar-refractivity contribution >= 4 is 15.9 Å². The van der Waals surface area contributed by atoms with Crippen molar-refractivity contribution in [3.63, 3.8) is 0 Å². The third kappa shape index (κ3) is 3.14. The molecule has 0 spiro atoms. The molecular weight excluding hydrogens is 258 g/mol. The van der Waals surface area contributed by atoms with Crippen LogP contribution in [0.4, 0.5) is 0 Å². The van der Waals surface area contributed by atoms with Gasteiger partial charge < -0.3 is 9.84 Å². The van der Waals surface area contributed by atoms with Crippen molar-refractivity contribution in [2.24, 2.45) is 0 Å². The first-order valence-corrected chi connectivity index (χ1v) is 5.35. The van der Waals surface area contributed by atoms with E-state index in [4.69, 9.17) is 4.52 Å². The van der Waals surface area contributed by atoms with Crippen molar-refractivity contribution in [3.8, 4) is 0 Å². The van der Waals surface area contributed by atoms with Crippen LogP contribution in [0, 0.1) is 0 Å². The zero-order chi connectivity index (χ0) is 10.5. The van der Waals surface area contributed by atoms with Crippen LogP contribution >= 0.6 is 15.9 Å². The second kappa shape index (κ2) is 5.04. The lowest BCUT2D eigenvalue weighted by atomic mass is 10.3. The van der Waals surface area contributed by atoms with Gasteiger partial charge in [0.25, 0.3) is 0 Å². The first-order chi connectivity index (χ1) is 7.34. The van der Waals surface area contributed by atoms with Crippen molar-refractivity contribution in [3.05, 3.63) is 46.5 Å². The average molecular weight is 268 g/mol. The molecule has 2 aromatic heterocycles. The molecule has 0 aliphatic heterocycles. The fourth-order valence-corrected chi connectivity index (χ4v) is 1.58. The minimum absolute atomic E-state index is 0.661. The fourth-order valence-electron chi connectivity index (χ4n) is 1.20. The third-order valence-electron chi connectivity index (χ3n) is 1.87. The topological polar surface area (TPSA) is 51.0 Å². The Labute approximate surface area is 95.8 Å². The summed E-state index contributed by atoms with van der Waals surface area (Å²) < 4.78 is 5.80. The van der Waals surface area contributed by atoms with Crippen LogP contribution in [0.25, 0.3) is 0 Å². The van der Waals surface area contributed by atoms with Crippen LogP contribution in [-0.2, 0) is 13.1 Å². The van der Waals surface area contributed by atoms with Crippen molar-refractivity contribution < 1.29 is 4.52 Å². The number of pyridine rings is 1. The normalized spacial score (nSPS) is 10.5. The summed E-state index contributed by atoms with van der Waals surface area (Å²) in [7, 11) is 0. The van der Waals surface area contributed by atoms with Crippen LogP contribution in [-0.4, -0.2) is 10.1 Å². The van der Waals surface area contributed by atoms with E-state index < -0.39 is 0 Å². The summed E-state index contributed by atoms with van der Waals surface area (Å²) in [6.45, 7) is 1.37. The van der Waals surface area contributed by atoms with Gasteiger partial charge in [0.05, 0.1) is 18.4 Å². The Bertz CT molecular complexity index is 416. The van der Waals surface area contributed by atoms with Crippen LogP contribution < -0.4 is 5.32 Å². The highest BCUT2D eigenvalue weighted by molar-refractivity contribution is 9.10. The molecule has 2 heterocycles. The van der Waals surface area contributed by atoms with Gasteiger partial charge in [-0.3, -0.25) is 0 Å². The molecule has 0 saturated heterocycles. The maximum atomic E-state index is 4.95. The summed E-state index contributed by atoms with van der Waals surface area (Å²) >= 11 is 3.33. The summed E-state index contributed by atoms with van der Waals surface area (Å²) in [5, 5.41) is 6.84. The highest BCUT2D eigenvalue weighted by Gasteiger charge is 1.98. The maximum absolute atomic E-state index is 4.95. The number of hydrogen-bond acceptors (Lipinski definition) is 4. The average Bonchev–Trinajstić information content (AvgIpc) is 2.71. The molecule has 0 saturated carbocycles. The largest absolute Gasteiger partial charge is 0.360 e. The van der Waals surface area contributed by atoms with Gasteiger partial charge in [0.15, 0.2) is 0 Å². The van der Waals surface area contributed by atoms with Gasteiger partial charge in [-0.15, -0.1) is 0 Å². The summed E-state index contributed by atoms with van der Waals surface area (Å²) in [6.07, 6.45) is 1.63. The molecule has 2 rings (SSSR count). The molecule has 1 N–H and O–H groups in total. The molecule has 0 aliphatic rings. The van der Waals surface area contributed by atoms with E-state index in [1.165, 1.54) is 0 Å². The molecule has 15 heavy (non-hydrogen) atoms. The van der Waals surface area contributed by atoms with Crippen LogP contribution in [0.3, 0.4) is 0 Å². The van der Waals surface area contributed by atoms with Gasteiger partial charge in [-0.2, -0.15) is 0 Å². The lowest BCUT2D eigenvalue weighted by Crippen LogP contribution is -2.13. The molecule has 0 atom stereocenters. The number of nitrogens with zero attached hydrogens (tertiary/aromatic N) is 2. The van der Waals surface area contributed by atoms with Crippen molar-refractivity contribution in [2.75, 3.05) is 0 Å². The van der Waals surface area contributed by atoms with Gasteiger partial charge in [-0.05, 0) is 28.1 Å². The van der Waals surface area contributed by atoms with Crippen molar-refractivity contribution in [1.82, 2.24) is 15.5 Å². The monoisotopic (exact) mass is 267 g/mol. The smallest absolute Gasteiger partial charge is 0.150 e. The van der Waals surface area contributed by atoms with Gasteiger partial charge in [-0.1, -0.05) is 11.2 Å². The number of halogens is 1. The lowest BCUT2D eigenvalue weighted by Gasteiger charge is -2.01. The first kappa shape index (κ1) is 10.3. The van der Waals surface area contributed by atoms with Gasteiger partial charge in [-0.25, -0.2) is 4.98 Å². The van der Waals surface area contributed by atoms with E-state index in [-0.39, 0.29) is 0 Å². The molecule has 0 aliphatic carbocycles. The SMILES string of the molecule is Brc1cccc(CNCc2ccno2)n1. The summed E-state index contributed by atoms with van der Waals surface area (Å²) in [5.41, 5.74) is 0.990. The van der Waals surface area contributed by atoms with E-state index in [9.17, 15) is 0 Å². The molecule has 5 heteroatoms. The van der Waals surface area contributed by atoms with Crippen molar-refractivity contribution in [2.45, 2.75) is 13.1 Å². The zero-order valence-corrected chi connectivity index (χ0v) is 9.57. The predicted molar refractivity (Wildman–Crippen MR) is 59.0 cm³/mol. The molecule has 2 aromatic rings. The van der Waals surface area contributed by atoms with E-state index >= 15 is 0 Å². The highest BCUT2D eigenvalue weighted by Crippen LogP contribution is 2.06. The second-order valence-corrected chi connectivity index (χ2v) is 3.85. The van der Waals surface area contributed by atoms with E-state index in [0.717, 1.165) is 16.1 Å². The highest BCUT2D eigenvalue weighted by atomic mass is 79.9. The molecule has 0 radical (unpaired) electrons. The Morgan fingerprint density at radius 3 is 2.93 bits per heavy atom. The van der Waals surface area contributed by atoms with Crippen LogP contribution in [0.2, 0.25) is 0 Å². The first-order valence-electron chi connectivity index (χ1n) is 4.56. The summed E-state index contributed by atoms with van der Waals surface area (Å²) in [5.74, 6) is 0.824. The number of rotatable bonds is 4. The van der Waals surface area contributed by atoms with E-state index in [2.05, 4.69) is 31.4 Å². The predicted octanol–water partition coefficient (Wildman–Crippen LogP) is 2.12. The second-order valence-electron chi connectivity index (χ2n) is 3.03. The lowest BCUT2D eigenvalue weighted by molar-refractivity contribution is 0.372. The molecule has 0 amide bonds. The van der Waals surface area contributed by atoms with Gasteiger partial charge in [0, 0.05) is 12.6 Å². The standard InChI is InChI=1S/C10H10BrN3O/c11-10-3-1-2-8(14-10)6-12-7-9-4-5-13-15-9/h1-5,12H,6-7H2. The molecule has 78 valence electrons. The summed E-state index contributed by atoms with van der Waals surface area (Å²) in [6, 6.07) is 7.67. The van der Waals surface area contributed by atoms with Gasteiger partial charge in [0.2, 0.25) is 0 Å². The molecular formula is C10H10BrN3O. The zero-order valence-electron chi connectivity index (χ0n) is 7.98. The Balaban J connectivity index is 1.83. The number of aromatic nitrogens is 2. The van der Waals surface area contributed by atoms with E-state index in [1.807, 2.05) is 24.3 Å². The number of hydrogen-bond donors (Lipinski definition) is 1.